The fourth-order valence-corrected chi connectivity index (χ4v) is 3.29. The van der Waals surface area contributed by atoms with E-state index in [1.165, 1.54) is 5.56 Å². The van der Waals surface area contributed by atoms with Crippen LogP contribution < -0.4 is 10.6 Å². The van der Waals surface area contributed by atoms with E-state index in [-0.39, 0.29) is 6.03 Å². The first-order valence-corrected chi connectivity index (χ1v) is 9.29. The maximum Gasteiger partial charge on any atom is 0.323 e. The number of amides is 2. The zero-order valence-electron chi connectivity index (χ0n) is 15.3. The van der Waals surface area contributed by atoms with Gasteiger partial charge >= 0.3 is 6.03 Å². The molecule has 2 amide bonds. The lowest BCUT2D eigenvalue weighted by Crippen LogP contribution is -2.19. The van der Waals surface area contributed by atoms with Crippen molar-refractivity contribution in [1.82, 2.24) is 9.55 Å². The van der Waals surface area contributed by atoms with E-state index in [0.29, 0.717) is 10.7 Å². The molecule has 0 saturated heterocycles. The Kier molecular flexibility index (Phi) is 5.00. The van der Waals surface area contributed by atoms with Crippen LogP contribution >= 0.6 is 11.6 Å². The normalized spacial score (nSPS) is 10.8. The van der Waals surface area contributed by atoms with Gasteiger partial charge in [-0.3, -0.25) is 4.98 Å². The van der Waals surface area contributed by atoms with Crippen LogP contribution in [0.3, 0.4) is 0 Å². The van der Waals surface area contributed by atoms with Crippen LogP contribution in [0.25, 0.3) is 10.9 Å². The van der Waals surface area contributed by atoms with Crippen molar-refractivity contribution in [2.24, 2.45) is 0 Å². The molecular formula is C22H19ClN4O. The number of hydrogen-bond acceptors (Lipinski definition) is 2. The molecule has 2 aromatic heterocycles. The molecule has 28 heavy (non-hydrogen) atoms. The van der Waals surface area contributed by atoms with Crippen LogP contribution in [-0.2, 0) is 6.54 Å². The Bertz CT molecular complexity index is 1140. The number of aromatic nitrogens is 2. The second-order valence-electron chi connectivity index (χ2n) is 6.58. The van der Waals surface area contributed by atoms with Crippen molar-refractivity contribution in [1.29, 1.82) is 0 Å². The van der Waals surface area contributed by atoms with Gasteiger partial charge in [0, 0.05) is 41.2 Å². The van der Waals surface area contributed by atoms with Crippen molar-refractivity contribution in [3.8, 4) is 0 Å². The summed E-state index contributed by atoms with van der Waals surface area (Å²) in [7, 11) is 0. The highest BCUT2D eigenvalue weighted by molar-refractivity contribution is 6.31. The van der Waals surface area contributed by atoms with E-state index >= 15 is 0 Å². The number of benzene rings is 2. The van der Waals surface area contributed by atoms with Gasteiger partial charge in [-0.15, -0.1) is 0 Å². The van der Waals surface area contributed by atoms with Crippen molar-refractivity contribution in [2.45, 2.75) is 13.5 Å². The van der Waals surface area contributed by atoms with Gasteiger partial charge in [0.25, 0.3) is 0 Å². The predicted octanol–water partition coefficient (Wildman–Crippen LogP) is 5.69. The molecule has 0 unspecified atom stereocenters. The van der Waals surface area contributed by atoms with Gasteiger partial charge in [-0.05, 0) is 60.5 Å². The molecule has 0 aliphatic rings. The average Bonchev–Trinajstić information content (AvgIpc) is 3.09. The largest absolute Gasteiger partial charge is 0.343 e. The van der Waals surface area contributed by atoms with Gasteiger partial charge in [-0.2, -0.15) is 0 Å². The van der Waals surface area contributed by atoms with Gasteiger partial charge in [0.15, 0.2) is 0 Å². The Morgan fingerprint density at radius 3 is 2.68 bits per heavy atom. The molecule has 0 atom stereocenters. The number of fused-ring (bicyclic) bond motifs is 1. The minimum absolute atomic E-state index is 0.311. The van der Waals surface area contributed by atoms with E-state index < -0.39 is 0 Å². The molecule has 2 N–H and O–H groups in total. The van der Waals surface area contributed by atoms with Crippen molar-refractivity contribution in [3.05, 3.63) is 89.3 Å². The standard InChI is InChI=1S/C22H19ClN4O/c1-15-5-6-17(13-19(15)23)25-22(28)26-20-3-2-4-21-18(20)9-12-27(21)14-16-7-10-24-11-8-16/h2-13H,14H2,1H3,(H2,25,26,28). The van der Waals surface area contributed by atoms with Crippen LogP contribution in [0.4, 0.5) is 16.2 Å². The topological polar surface area (TPSA) is 59.0 Å². The van der Waals surface area contributed by atoms with E-state index in [0.717, 1.165) is 28.7 Å². The molecule has 0 fully saturated rings. The quantitative estimate of drug-likeness (QED) is 0.470. The summed E-state index contributed by atoms with van der Waals surface area (Å²) in [5, 5.41) is 7.35. The second-order valence-corrected chi connectivity index (χ2v) is 6.99. The second kappa shape index (κ2) is 7.74. The monoisotopic (exact) mass is 390 g/mol. The van der Waals surface area contributed by atoms with Crippen molar-refractivity contribution < 1.29 is 4.79 Å². The van der Waals surface area contributed by atoms with Crippen LogP contribution in [0.1, 0.15) is 11.1 Å². The minimum Gasteiger partial charge on any atom is -0.343 e. The Morgan fingerprint density at radius 2 is 1.89 bits per heavy atom. The van der Waals surface area contributed by atoms with Gasteiger partial charge in [0.2, 0.25) is 0 Å². The average molecular weight is 391 g/mol. The third-order valence-corrected chi connectivity index (χ3v) is 5.00. The molecule has 0 radical (unpaired) electrons. The van der Waals surface area contributed by atoms with E-state index in [1.54, 1.807) is 18.5 Å². The number of nitrogens with one attached hydrogen (secondary N) is 2. The third-order valence-electron chi connectivity index (χ3n) is 4.59. The van der Waals surface area contributed by atoms with Gasteiger partial charge in [0.05, 0.1) is 11.2 Å². The van der Waals surface area contributed by atoms with Crippen molar-refractivity contribution in [2.75, 3.05) is 10.6 Å². The molecule has 2 heterocycles. The predicted molar refractivity (Wildman–Crippen MR) is 114 cm³/mol. The number of halogens is 1. The number of anilines is 2. The van der Waals surface area contributed by atoms with Crippen molar-refractivity contribution in [3.63, 3.8) is 0 Å². The number of aryl methyl sites for hydroxylation is 1. The highest BCUT2D eigenvalue weighted by atomic mass is 35.5. The third kappa shape index (κ3) is 3.85. The summed E-state index contributed by atoms with van der Waals surface area (Å²) < 4.78 is 2.15. The van der Waals surface area contributed by atoms with Crippen LogP contribution in [-0.4, -0.2) is 15.6 Å². The zero-order valence-corrected chi connectivity index (χ0v) is 16.1. The molecule has 4 aromatic rings. The lowest BCUT2D eigenvalue weighted by Gasteiger charge is -2.11. The van der Waals surface area contributed by atoms with E-state index in [4.69, 9.17) is 11.6 Å². The maximum atomic E-state index is 12.4. The summed E-state index contributed by atoms with van der Waals surface area (Å²) in [6.45, 7) is 2.66. The molecule has 0 spiro atoms. The Hall–Kier alpha value is -3.31. The molecule has 0 aliphatic heterocycles. The fraction of sp³-hybridized carbons (Fsp3) is 0.0909. The summed E-state index contributed by atoms with van der Waals surface area (Å²) in [6, 6.07) is 17.0. The first-order valence-electron chi connectivity index (χ1n) is 8.91. The number of pyridine rings is 1. The number of carbonyl (C=O) groups is 1. The van der Waals surface area contributed by atoms with E-state index in [1.807, 2.05) is 61.7 Å². The Balaban J connectivity index is 1.54. The zero-order chi connectivity index (χ0) is 19.5. The summed E-state index contributed by atoms with van der Waals surface area (Å²) >= 11 is 6.13. The van der Waals surface area contributed by atoms with E-state index in [9.17, 15) is 4.79 Å². The Morgan fingerprint density at radius 1 is 1.07 bits per heavy atom. The maximum absolute atomic E-state index is 12.4. The van der Waals surface area contributed by atoms with Gasteiger partial charge in [-0.1, -0.05) is 23.7 Å². The van der Waals surface area contributed by atoms with Crippen LogP contribution in [0.2, 0.25) is 5.02 Å². The summed E-state index contributed by atoms with van der Waals surface area (Å²) in [4.78, 5) is 16.5. The summed E-state index contributed by atoms with van der Waals surface area (Å²) in [6.07, 6.45) is 5.60. The summed E-state index contributed by atoms with van der Waals surface area (Å²) in [5.74, 6) is 0. The van der Waals surface area contributed by atoms with Crippen molar-refractivity contribution >= 4 is 39.9 Å². The molecule has 6 heteroatoms. The van der Waals surface area contributed by atoms with Crippen LogP contribution in [0.5, 0.6) is 0 Å². The first kappa shape index (κ1) is 18.1. The highest BCUT2D eigenvalue weighted by Gasteiger charge is 2.10. The number of urea groups is 1. The van der Waals surface area contributed by atoms with Gasteiger partial charge in [-0.25, -0.2) is 4.79 Å². The number of hydrogen-bond donors (Lipinski definition) is 2. The SMILES string of the molecule is Cc1ccc(NC(=O)Nc2cccc3c2ccn3Cc2ccncc2)cc1Cl. The highest BCUT2D eigenvalue weighted by Crippen LogP contribution is 2.26. The number of carbonyl (C=O) groups excluding carboxylic acids is 1. The van der Waals surface area contributed by atoms with Crippen LogP contribution in [0, 0.1) is 6.92 Å². The molecular weight excluding hydrogens is 372 g/mol. The smallest absolute Gasteiger partial charge is 0.323 e. The molecule has 2 aromatic carbocycles. The number of nitrogens with zero attached hydrogens (tertiary/aromatic N) is 2. The minimum atomic E-state index is -0.311. The van der Waals surface area contributed by atoms with E-state index in [2.05, 4.69) is 20.2 Å². The fourth-order valence-electron chi connectivity index (χ4n) is 3.11. The lowest BCUT2D eigenvalue weighted by molar-refractivity contribution is 0.262. The van der Waals surface area contributed by atoms with Gasteiger partial charge < -0.3 is 15.2 Å². The van der Waals surface area contributed by atoms with Crippen LogP contribution in [0.15, 0.2) is 73.2 Å². The van der Waals surface area contributed by atoms with Gasteiger partial charge in [0.1, 0.15) is 0 Å². The molecule has 0 saturated carbocycles. The lowest BCUT2D eigenvalue weighted by atomic mass is 10.2. The molecule has 0 aliphatic carbocycles. The Labute approximate surface area is 168 Å². The first-order chi connectivity index (χ1) is 13.6. The summed E-state index contributed by atoms with van der Waals surface area (Å²) in [5.41, 5.74) is 4.58. The molecule has 5 nitrogen and oxygen atoms in total. The molecule has 140 valence electrons. The number of rotatable bonds is 4. The molecule has 4 rings (SSSR count). The molecule has 0 bridgehead atoms.